The van der Waals surface area contributed by atoms with Crippen molar-refractivity contribution < 1.29 is 9.47 Å². The number of rotatable bonds is 1. The average molecular weight is 271 g/mol. The quantitative estimate of drug-likeness (QED) is 0.852. The number of fused-ring (bicyclic) bond motifs is 2. The van der Waals surface area contributed by atoms with Gasteiger partial charge in [-0.2, -0.15) is 0 Å². The van der Waals surface area contributed by atoms with E-state index in [1.165, 1.54) is 0 Å². The fraction of sp³-hybridized carbons (Fsp3) is 0.400. The highest BCUT2D eigenvalue weighted by Gasteiger charge is 2.36. The molecule has 20 heavy (non-hydrogen) atoms. The van der Waals surface area contributed by atoms with E-state index in [4.69, 9.17) is 15.2 Å². The Morgan fingerprint density at radius 2 is 1.90 bits per heavy atom. The van der Waals surface area contributed by atoms with Gasteiger partial charge in [-0.15, -0.1) is 0 Å². The first-order valence-electron chi connectivity index (χ1n) is 6.85. The van der Waals surface area contributed by atoms with E-state index in [0.717, 1.165) is 41.2 Å². The molecule has 0 amide bonds. The zero-order valence-corrected chi connectivity index (χ0v) is 11.4. The Labute approximate surface area is 117 Å². The standard InChI is InChI=1S/C15H17N3O2/c1-15(16)8-18(9-15)14-11-7-13-12(19-4-5-20-13)6-10(11)2-3-17-14/h2-3,6-7H,4-5,8-9,16H2,1H3. The summed E-state index contributed by atoms with van der Waals surface area (Å²) in [5, 5.41) is 2.21. The third kappa shape index (κ3) is 1.78. The number of pyridine rings is 1. The molecular formula is C15H17N3O2. The lowest BCUT2D eigenvalue weighted by atomic mass is 9.93. The van der Waals surface area contributed by atoms with Gasteiger partial charge in [-0.05, 0) is 30.5 Å². The second-order valence-corrected chi connectivity index (χ2v) is 5.86. The molecule has 2 aromatic rings. The Morgan fingerprint density at radius 3 is 2.60 bits per heavy atom. The molecule has 2 aliphatic heterocycles. The van der Waals surface area contributed by atoms with Crippen molar-refractivity contribution in [3.05, 3.63) is 24.4 Å². The number of hydrogen-bond donors (Lipinski definition) is 1. The van der Waals surface area contributed by atoms with Crippen LogP contribution in [0.15, 0.2) is 24.4 Å². The van der Waals surface area contributed by atoms with Crippen LogP contribution in [0.3, 0.4) is 0 Å². The maximum atomic E-state index is 6.09. The highest BCUT2D eigenvalue weighted by Crippen LogP contribution is 2.38. The van der Waals surface area contributed by atoms with Crippen LogP contribution in [-0.2, 0) is 0 Å². The molecule has 5 heteroatoms. The number of nitrogens with two attached hydrogens (primary N) is 1. The summed E-state index contributed by atoms with van der Waals surface area (Å²) in [7, 11) is 0. The molecule has 2 aliphatic rings. The molecule has 0 atom stereocenters. The van der Waals surface area contributed by atoms with Crippen molar-refractivity contribution in [3.8, 4) is 11.5 Å². The van der Waals surface area contributed by atoms with Crippen molar-refractivity contribution in [1.82, 2.24) is 4.98 Å². The van der Waals surface area contributed by atoms with Crippen LogP contribution in [0.5, 0.6) is 11.5 Å². The molecular weight excluding hydrogens is 254 g/mol. The van der Waals surface area contributed by atoms with Crippen LogP contribution < -0.4 is 20.1 Å². The largest absolute Gasteiger partial charge is 0.486 e. The van der Waals surface area contributed by atoms with Gasteiger partial charge >= 0.3 is 0 Å². The van der Waals surface area contributed by atoms with Crippen LogP contribution in [0.1, 0.15) is 6.92 Å². The van der Waals surface area contributed by atoms with Crippen molar-refractivity contribution in [1.29, 1.82) is 0 Å². The third-order valence-corrected chi connectivity index (χ3v) is 3.81. The highest BCUT2D eigenvalue weighted by molar-refractivity contribution is 5.95. The second kappa shape index (κ2) is 3.99. The van der Waals surface area contributed by atoms with Gasteiger partial charge in [-0.1, -0.05) is 0 Å². The van der Waals surface area contributed by atoms with E-state index in [-0.39, 0.29) is 5.54 Å². The van der Waals surface area contributed by atoms with Gasteiger partial charge in [0, 0.05) is 30.2 Å². The zero-order valence-electron chi connectivity index (χ0n) is 11.4. The SMILES string of the molecule is CC1(N)CN(c2nccc3cc4c(cc23)OCCO4)C1. The Morgan fingerprint density at radius 1 is 1.20 bits per heavy atom. The van der Waals surface area contributed by atoms with Crippen LogP contribution in [0.25, 0.3) is 10.8 Å². The lowest BCUT2D eigenvalue weighted by molar-refractivity contribution is 0.172. The van der Waals surface area contributed by atoms with Gasteiger partial charge in [0.25, 0.3) is 0 Å². The monoisotopic (exact) mass is 271 g/mol. The first-order chi connectivity index (χ1) is 9.62. The molecule has 0 saturated carbocycles. The van der Waals surface area contributed by atoms with E-state index in [1.807, 2.05) is 24.4 Å². The van der Waals surface area contributed by atoms with Gasteiger partial charge in [-0.25, -0.2) is 4.98 Å². The van der Waals surface area contributed by atoms with Gasteiger partial charge in [0.1, 0.15) is 19.0 Å². The molecule has 2 N–H and O–H groups in total. The summed E-state index contributed by atoms with van der Waals surface area (Å²) in [5.74, 6) is 2.59. The smallest absolute Gasteiger partial charge is 0.162 e. The van der Waals surface area contributed by atoms with Crippen LogP contribution in [0.4, 0.5) is 5.82 Å². The minimum absolute atomic E-state index is 0.113. The van der Waals surface area contributed by atoms with Crippen molar-refractivity contribution in [2.75, 3.05) is 31.2 Å². The molecule has 0 radical (unpaired) electrons. The summed E-state index contributed by atoms with van der Waals surface area (Å²) >= 11 is 0. The number of ether oxygens (including phenoxy) is 2. The predicted octanol–water partition coefficient (Wildman–Crippen LogP) is 1.54. The molecule has 1 aromatic heterocycles. The summed E-state index contributed by atoms with van der Waals surface area (Å²) in [6, 6.07) is 6.05. The Bertz CT molecular complexity index is 676. The summed E-state index contributed by atoms with van der Waals surface area (Å²) in [4.78, 5) is 6.72. The highest BCUT2D eigenvalue weighted by atomic mass is 16.6. The first kappa shape index (κ1) is 11.8. The number of benzene rings is 1. The van der Waals surface area contributed by atoms with E-state index in [1.54, 1.807) is 0 Å². The third-order valence-electron chi connectivity index (χ3n) is 3.81. The van der Waals surface area contributed by atoms with E-state index < -0.39 is 0 Å². The molecule has 1 aromatic carbocycles. The normalized spacial score (nSPS) is 19.8. The van der Waals surface area contributed by atoms with Gasteiger partial charge in [0.2, 0.25) is 0 Å². The lowest BCUT2D eigenvalue weighted by Gasteiger charge is -2.46. The van der Waals surface area contributed by atoms with Gasteiger partial charge in [0.05, 0.1) is 0 Å². The molecule has 0 spiro atoms. The molecule has 3 heterocycles. The maximum Gasteiger partial charge on any atom is 0.162 e. The number of aromatic nitrogens is 1. The van der Waals surface area contributed by atoms with E-state index in [9.17, 15) is 0 Å². The minimum Gasteiger partial charge on any atom is -0.486 e. The fourth-order valence-electron chi connectivity index (χ4n) is 2.92. The van der Waals surface area contributed by atoms with Crippen LogP contribution >= 0.6 is 0 Å². The molecule has 104 valence electrons. The molecule has 0 bridgehead atoms. The lowest BCUT2D eigenvalue weighted by Crippen LogP contribution is -2.65. The average Bonchev–Trinajstić information content (AvgIpc) is 2.42. The van der Waals surface area contributed by atoms with Crippen molar-refractivity contribution in [2.24, 2.45) is 5.73 Å². The fourth-order valence-corrected chi connectivity index (χ4v) is 2.92. The summed E-state index contributed by atoms with van der Waals surface area (Å²) in [6.45, 7) is 4.92. The predicted molar refractivity (Wildman–Crippen MR) is 77.5 cm³/mol. The Balaban J connectivity index is 1.81. The second-order valence-electron chi connectivity index (χ2n) is 5.86. The summed E-state index contributed by atoms with van der Waals surface area (Å²) < 4.78 is 11.3. The topological polar surface area (TPSA) is 60.6 Å². The van der Waals surface area contributed by atoms with Crippen molar-refractivity contribution in [3.63, 3.8) is 0 Å². The number of anilines is 1. The van der Waals surface area contributed by atoms with Gasteiger partial charge in [0.15, 0.2) is 11.5 Å². The van der Waals surface area contributed by atoms with Crippen LogP contribution in [-0.4, -0.2) is 36.8 Å². The van der Waals surface area contributed by atoms with E-state index in [2.05, 4.69) is 16.8 Å². The number of hydrogen-bond acceptors (Lipinski definition) is 5. The molecule has 1 saturated heterocycles. The van der Waals surface area contributed by atoms with Crippen molar-refractivity contribution >= 4 is 16.6 Å². The van der Waals surface area contributed by atoms with Crippen LogP contribution in [0.2, 0.25) is 0 Å². The van der Waals surface area contributed by atoms with Crippen molar-refractivity contribution in [2.45, 2.75) is 12.5 Å². The van der Waals surface area contributed by atoms with E-state index >= 15 is 0 Å². The first-order valence-corrected chi connectivity index (χ1v) is 6.85. The maximum absolute atomic E-state index is 6.09. The summed E-state index contributed by atoms with van der Waals surface area (Å²) in [6.07, 6.45) is 1.83. The summed E-state index contributed by atoms with van der Waals surface area (Å²) in [5.41, 5.74) is 5.98. The minimum atomic E-state index is -0.113. The number of nitrogens with zero attached hydrogens (tertiary/aromatic N) is 2. The molecule has 4 rings (SSSR count). The molecule has 5 nitrogen and oxygen atoms in total. The zero-order chi connectivity index (χ0) is 13.7. The molecule has 0 unspecified atom stereocenters. The van der Waals surface area contributed by atoms with E-state index in [0.29, 0.717) is 13.2 Å². The van der Waals surface area contributed by atoms with Gasteiger partial charge < -0.3 is 20.1 Å². The Kier molecular flexibility index (Phi) is 2.35. The van der Waals surface area contributed by atoms with Gasteiger partial charge in [-0.3, -0.25) is 0 Å². The Hall–Kier alpha value is -2.01. The van der Waals surface area contributed by atoms with Crippen LogP contribution in [0, 0.1) is 0 Å². The molecule has 1 fully saturated rings. The molecule has 0 aliphatic carbocycles.